The van der Waals surface area contributed by atoms with Gasteiger partial charge < -0.3 is 10.0 Å². The summed E-state index contributed by atoms with van der Waals surface area (Å²) in [5.41, 5.74) is 0.0491. The van der Waals surface area contributed by atoms with Crippen LogP contribution in [0.2, 0.25) is 0 Å². The molecule has 1 aliphatic rings. The summed E-state index contributed by atoms with van der Waals surface area (Å²) in [6, 6.07) is 0.0632. The first-order valence-electron chi connectivity index (χ1n) is 6.78. The lowest BCUT2D eigenvalue weighted by molar-refractivity contribution is -0.142. The molecule has 1 aliphatic carbocycles. The molecule has 1 atom stereocenters. The van der Waals surface area contributed by atoms with E-state index in [0.29, 0.717) is 6.54 Å². The molecule has 0 aromatic carbocycles. The second kappa shape index (κ2) is 5.72. The Labute approximate surface area is 109 Å². The number of amides is 1. The summed E-state index contributed by atoms with van der Waals surface area (Å²) < 4.78 is 0. The lowest BCUT2D eigenvalue weighted by atomic mass is 9.81. The van der Waals surface area contributed by atoms with Crippen molar-refractivity contribution in [1.29, 1.82) is 0 Å². The van der Waals surface area contributed by atoms with E-state index < -0.39 is 5.97 Å². The van der Waals surface area contributed by atoms with E-state index in [2.05, 4.69) is 13.8 Å². The van der Waals surface area contributed by atoms with Crippen molar-refractivity contribution in [2.24, 2.45) is 11.3 Å². The van der Waals surface area contributed by atoms with Crippen LogP contribution in [0.15, 0.2) is 0 Å². The zero-order valence-electron chi connectivity index (χ0n) is 11.9. The Bertz CT molecular complexity index is 323. The molecule has 4 nitrogen and oxygen atoms in total. The Morgan fingerprint density at radius 2 is 2.00 bits per heavy atom. The summed E-state index contributed by atoms with van der Waals surface area (Å²) >= 11 is 0. The standard InChI is InChI=1S/C14H25NO3/c1-10(2)15(9-7-12(16)17)13(18)11-6-5-8-14(11,3)4/h10-11H,5-9H2,1-4H3,(H,16,17). The van der Waals surface area contributed by atoms with Crippen molar-refractivity contribution in [3.8, 4) is 0 Å². The summed E-state index contributed by atoms with van der Waals surface area (Å²) in [7, 11) is 0. The normalized spacial score (nSPS) is 22.2. The van der Waals surface area contributed by atoms with E-state index in [1.165, 1.54) is 0 Å². The number of hydrogen-bond acceptors (Lipinski definition) is 2. The molecule has 1 saturated carbocycles. The highest BCUT2D eigenvalue weighted by atomic mass is 16.4. The monoisotopic (exact) mass is 255 g/mol. The van der Waals surface area contributed by atoms with Gasteiger partial charge in [-0.25, -0.2) is 0 Å². The highest BCUT2D eigenvalue weighted by molar-refractivity contribution is 5.80. The number of carboxylic acid groups (broad SMARTS) is 1. The molecular formula is C14H25NO3. The molecule has 0 spiro atoms. The van der Waals surface area contributed by atoms with Gasteiger partial charge >= 0.3 is 5.97 Å². The Kier molecular flexibility index (Phi) is 4.77. The van der Waals surface area contributed by atoms with Gasteiger partial charge in [0.2, 0.25) is 5.91 Å². The van der Waals surface area contributed by atoms with Crippen LogP contribution < -0.4 is 0 Å². The predicted octanol–water partition coefficient (Wildman–Crippen LogP) is 2.52. The van der Waals surface area contributed by atoms with Crippen LogP contribution in [-0.4, -0.2) is 34.5 Å². The van der Waals surface area contributed by atoms with Gasteiger partial charge in [-0.05, 0) is 32.1 Å². The van der Waals surface area contributed by atoms with Gasteiger partial charge in [0.15, 0.2) is 0 Å². The first kappa shape index (κ1) is 15.0. The van der Waals surface area contributed by atoms with Crippen LogP contribution in [0.4, 0.5) is 0 Å². The van der Waals surface area contributed by atoms with Crippen LogP contribution in [0, 0.1) is 11.3 Å². The third kappa shape index (κ3) is 3.47. The minimum atomic E-state index is -0.848. The smallest absolute Gasteiger partial charge is 0.305 e. The first-order valence-corrected chi connectivity index (χ1v) is 6.78. The molecule has 1 unspecified atom stereocenters. The zero-order chi connectivity index (χ0) is 13.9. The maximum atomic E-state index is 12.5. The van der Waals surface area contributed by atoms with E-state index in [-0.39, 0.29) is 29.7 Å². The van der Waals surface area contributed by atoms with Gasteiger partial charge in [0.1, 0.15) is 0 Å². The van der Waals surface area contributed by atoms with Crippen LogP contribution in [-0.2, 0) is 9.59 Å². The second-order valence-electron chi connectivity index (χ2n) is 6.20. The molecule has 0 aliphatic heterocycles. The van der Waals surface area contributed by atoms with Crippen molar-refractivity contribution >= 4 is 11.9 Å². The fourth-order valence-electron chi connectivity index (χ4n) is 2.82. The number of rotatable bonds is 5. The number of aliphatic carboxylic acids is 1. The molecule has 1 fully saturated rings. The van der Waals surface area contributed by atoms with Crippen LogP contribution in [0.5, 0.6) is 0 Å². The average Bonchev–Trinajstić information content (AvgIpc) is 2.56. The van der Waals surface area contributed by atoms with Gasteiger partial charge in [-0.15, -0.1) is 0 Å². The number of carbonyl (C=O) groups is 2. The second-order valence-corrected chi connectivity index (χ2v) is 6.20. The average molecular weight is 255 g/mol. The van der Waals surface area contributed by atoms with Gasteiger partial charge in [-0.1, -0.05) is 20.3 Å². The van der Waals surface area contributed by atoms with Crippen molar-refractivity contribution in [2.45, 2.75) is 59.4 Å². The van der Waals surface area contributed by atoms with Crippen LogP contribution in [0.3, 0.4) is 0 Å². The van der Waals surface area contributed by atoms with Gasteiger partial charge in [-0.2, -0.15) is 0 Å². The molecule has 1 rings (SSSR count). The molecule has 18 heavy (non-hydrogen) atoms. The van der Waals surface area contributed by atoms with Crippen LogP contribution in [0.25, 0.3) is 0 Å². The van der Waals surface area contributed by atoms with E-state index >= 15 is 0 Å². The van der Waals surface area contributed by atoms with E-state index in [1.54, 1.807) is 4.90 Å². The van der Waals surface area contributed by atoms with Gasteiger partial charge in [0, 0.05) is 18.5 Å². The SMILES string of the molecule is CC(C)N(CCC(=O)O)C(=O)C1CCCC1(C)C. The van der Waals surface area contributed by atoms with E-state index in [4.69, 9.17) is 5.11 Å². The molecule has 0 aromatic rings. The molecule has 4 heteroatoms. The molecule has 0 saturated heterocycles. The highest BCUT2D eigenvalue weighted by Crippen LogP contribution is 2.43. The lowest BCUT2D eigenvalue weighted by Crippen LogP contribution is -2.44. The fraction of sp³-hybridized carbons (Fsp3) is 0.857. The molecule has 1 amide bonds. The summed E-state index contributed by atoms with van der Waals surface area (Å²) in [5.74, 6) is -0.665. The minimum Gasteiger partial charge on any atom is -0.481 e. The molecule has 104 valence electrons. The third-order valence-electron chi connectivity index (χ3n) is 4.03. The topological polar surface area (TPSA) is 57.6 Å². The van der Waals surface area contributed by atoms with Crippen molar-refractivity contribution in [1.82, 2.24) is 4.90 Å². The Hall–Kier alpha value is -1.06. The quantitative estimate of drug-likeness (QED) is 0.821. The Balaban J connectivity index is 2.73. The number of carboxylic acids is 1. The van der Waals surface area contributed by atoms with Crippen molar-refractivity contribution in [3.63, 3.8) is 0 Å². The first-order chi connectivity index (χ1) is 8.25. The zero-order valence-corrected chi connectivity index (χ0v) is 11.9. The number of carbonyl (C=O) groups excluding carboxylic acids is 1. The highest BCUT2D eigenvalue weighted by Gasteiger charge is 2.41. The Morgan fingerprint density at radius 3 is 2.39 bits per heavy atom. The van der Waals surface area contributed by atoms with E-state index in [1.807, 2.05) is 13.8 Å². The summed E-state index contributed by atoms with van der Waals surface area (Å²) in [5, 5.41) is 8.76. The van der Waals surface area contributed by atoms with Crippen molar-refractivity contribution in [2.75, 3.05) is 6.54 Å². The molecular weight excluding hydrogens is 230 g/mol. The Morgan fingerprint density at radius 1 is 1.39 bits per heavy atom. The largest absolute Gasteiger partial charge is 0.481 e. The number of hydrogen-bond donors (Lipinski definition) is 1. The van der Waals surface area contributed by atoms with Crippen molar-refractivity contribution < 1.29 is 14.7 Å². The van der Waals surface area contributed by atoms with Gasteiger partial charge in [0.25, 0.3) is 0 Å². The molecule has 0 heterocycles. The minimum absolute atomic E-state index is 0.0249. The predicted molar refractivity (Wildman–Crippen MR) is 70.2 cm³/mol. The van der Waals surface area contributed by atoms with Gasteiger partial charge in [-0.3, -0.25) is 9.59 Å². The van der Waals surface area contributed by atoms with Crippen molar-refractivity contribution in [3.05, 3.63) is 0 Å². The summed E-state index contributed by atoms with van der Waals surface area (Å²) in [6.45, 7) is 8.48. The maximum absolute atomic E-state index is 12.5. The molecule has 0 radical (unpaired) electrons. The maximum Gasteiger partial charge on any atom is 0.305 e. The molecule has 0 aromatic heterocycles. The summed E-state index contributed by atoms with van der Waals surface area (Å²) in [6.07, 6.45) is 3.13. The lowest BCUT2D eigenvalue weighted by Gasteiger charge is -2.34. The fourth-order valence-corrected chi connectivity index (χ4v) is 2.82. The van der Waals surface area contributed by atoms with Crippen LogP contribution >= 0.6 is 0 Å². The number of nitrogens with zero attached hydrogens (tertiary/aromatic N) is 1. The van der Waals surface area contributed by atoms with E-state index in [0.717, 1.165) is 19.3 Å². The molecule has 1 N–H and O–H groups in total. The third-order valence-corrected chi connectivity index (χ3v) is 4.03. The van der Waals surface area contributed by atoms with Crippen LogP contribution in [0.1, 0.15) is 53.4 Å². The van der Waals surface area contributed by atoms with E-state index in [9.17, 15) is 9.59 Å². The molecule has 0 bridgehead atoms. The summed E-state index contributed by atoms with van der Waals surface area (Å²) in [4.78, 5) is 24.9. The van der Waals surface area contributed by atoms with Gasteiger partial charge in [0.05, 0.1) is 6.42 Å².